The Balaban J connectivity index is 1.61. The van der Waals surface area contributed by atoms with Crippen LogP contribution < -0.4 is 5.32 Å². The van der Waals surface area contributed by atoms with Gasteiger partial charge in [0.15, 0.2) is 5.65 Å². The van der Waals surface area contributed by atoms with Crippen LogP contribution in [0.15, 0.2) is 42.9 Å². The predicted molar refractivity (Wildman–Crippen MR) is 86.8 cm³/mol. The maximum absolute atomic E-state index is 4.40. The van der Waals surface area contributed by atoms with Gasteiger partial charge in [-0.15, -0.1) is 0 Å². The molecule has 0 saturated heterocycles. The molecule has 1 aromatic carbocycles. The first-order valence-electron chi connectivity index (χ1n) is 7.71. The van der Waals surface area contributed by atoms with Gasteiger partial charge in [-0.05, 0) is 18.4 Å². The van der Waals surface area contributed by atoms with E-state index in [1.54, 1.807) is 11.0 Å². The summed E-state index contributed by atoms with van der Waals surface area (Å²) in [6.45, 7) is 0.901. The van der Waals surface area contributed by atoms with Gasteiger partial charge < -0.3 is 5.32 Å². The SMILES string of the molecule is Cn1ncc2c(NCC3(c4ccccc4)CCC3)ncnc21. The highest BCUT2D eigenvalue weighted by Gasteiger charge is 2.38. The second kappa shape index (κ2) is 5.09. The number of hydrogen-bond acceptors (Lipinski definition) is 4. The molecule has 2 aromatic heterocycles. The average Bonchev–Trinajstić information content (AvgIpc) is 2.90. The van der Waals surface area contributed by atoms with E-state index in [4.69, 9.17) is 0 Å². The number of nitrogens with zero attached hydrogens (tertiary/aromatic N) is 4. The highest BCUT2D eigenvalue weighted by atomic mass is 15.3. The summed E-state index contributed by atoms with van der Waals surface area (Å²) >= 11 is 0. The van der Waals surface area contributed by atoms with Gasteiger partial charge in [0, 0.05) is 19.0 Å². The van der Waals surface area contributed by atoms with Gasteiger partial charge >= 0.3 is 0 Å². The zero-order valence-electron chi connectivity index (χ0n) is 12.7. The highest BCUT2D eigenvalue weighted by molar-refractivity contribution is 5.86. The fourth-order valence-electron chi connectivity index (χ4n) is 3.32. The zero-order valence-corrected chi connectivity index (χ0v) is 12.7. The molecule has 112 valence electrons. The maximum Gasteiger partial charge on any atom is 0.163 e. The van der Waals surface area contributed by atoms with E-state index in [1.807, 2.05) is 13.2 Å². The van der Waals surface area contributed by atoms with Gasteiger partial charge in [0.1, 0.15) is 12.1 Å². The van der Waals surface area contributed by atoms with Crippen LogP contribution in [0.1, 0.15) is 24.8 Å². The minimum atomic E-state index is 0.237. The number of hydrogen-bond donors (Lipinski definition) is 1. The van der Waals surface area contributed by atoms with Crippen LogP contribution >= 0.6 is 0 Å². The smallest absolute Gasteiger partial charge is 0.163 e. The number of aromatic nitrogens is 4. The van der Waals surface area contributed by atoms with Crippen molar-refractivity contribution >= 4 is 16.9 Å². The van der Waals surface area contributed by atoms with Crippen LogP contribution in [0, 0.1) is 0 Å². The zero-order chi connectivity index (χ0) is 15.0. The van der Waals surface area contributed by atoms with Gasteiger partial charge in [-0.25, -0.2) is 9.97 Å². The van der Waals surface area contributed by atoms with Crippen molar-refractivity contribution in [3.05, 3.63) is 48.4 Å². The fourth-order valence-corrected chi connectivity index (χ4v) is 3.32. The Labute approximate surface area is 129 Å². The standard InChI is InChI=1S/C17H19N5/c1-22-16-14(10-21-22)15(19-12-20-16)18-11-17(8-5-9-17)13-6-3-2-4-7-13/h2-4,6-7,10,12H,5,8-9,11H2,1H3,(H,18,19,20). The molecule has 1 N–H and O–H groups in total. The average molecular weight is 293 g/mol. The topological polar surface area (TPSA) is 55.6 Å². The predicted octanol–water partition coefficient (Wildman–Crippen LogP) is 2.90. The number of aryl methyl sites for hydroxylation is 1. The summed E-state index contributed by atoms with van der Waals surface area (Å²) in [4.78, 5) is 8.69. The number of rotatable bonds is 4. The number of anilines is 1. The molecule has 1 aliphatic rings. The molecule has 1 saturated carbocycles. The summed E-state index contributed by atoms with van der Waals surface area (Å²) in [5.74, 6) is 0.875. The van der Waals surface area contributed by atoms with Crippen molar-refractivity contribution in [2.45, 2.75) is 24.7 Å². The van der Waals surface area contributed by atoms with E-state index in [1.165, 1.54) is 24.8 Å². The lowest BCUT2D eigenvalue weighted by Gasteiger charge is -2.42. The molecule has 1 aliphatic carbocycles. The molecule has 0 atom stereocenters. The van der Waals surface area contributed by atoms with Gasteiger partial charge in [-0.1, -0.05) is 36.8 Å². The summed E-state index contributed by atoms with van der Waals surface area (Å²) < 4.78 is 1.78. The largest absolute Gasteiger partial charge is 0.368 e. The summed E-state index contributed by atoms with van der Waals surface area (Å²) in [5, 5.41) is 8.78. The first-order valence-corrected chi connectivity index (χ1v) is 7.71. The maximum atomic E-state index is 4.40. The monoisotopic (exact) mass is 293 g/mol. The molecule has 0 amide bonds. The molecule has 5 heteroatoms. The van der Waals surface area contributed by atoms with Crippen LogP contribution in [0.3, 0.4) is 0 Å². The normalized spacial score (nSPS) is 16.4. The van der Waals surface area contributed by atoms with Gasteiger partial charge in [0.05, 0.1) is 11.6 Å². The van der Waals surface area contributed by atoms with E-state index in [0.717, 1.165) is 23.4 Å². The molecule has 1 fully saturated rings. The second-order valence-electron chi connectivity index (χ2n) is 6.08. The highest BCUT2D eigenvalue weighted by Crippen LogP contribution is 2.43. The number of benzene rings is 1. The van der Waals surface area contributed by atoms with E-state index in [9.17, 15) is 0 Å². The fraction of sp³-hybridized carbons (Fsp3) is 0.353. The lowest BCUT2D eigenvalue weighted by Crippen LogP contribution is -2.41. The van der Waals surface area contributed by atoms with Crippen LogP contribution in [0.5, 0.6) is 0 Å². The third-order valence-electron chi connectivity index (χ3n) is 4.82. The molecule has 0 radical (unpaired) electrons. The van der Waals surface area contributed by atoms with E-state index >= 15 is 0 Å². The van der Waals surface area contributed by atoms with E-state index in [0.29, 0.717) is 0 Å². The van der Waals surface area contributed by atoms with Crippen molar-refractivity contribution in [2.75, 3.05) is 11.9 Å². The minimum absolute atomic E-state index is 0.237. The molecule has 4 rings (SSSR count). The Morgan fingerprint density at radius 3 is 2.73 bits per heavy atom. The quantitative estimate of drug-likeness (QED) is 0.803. The number of nitrogens with one attached hydrogen (secondary N) is 1. The van der Waals surface area contributed by atoms with Crippen LogP contribution in [-0.2, 0) is 12.5 Å². The molecule has 5 nitrogen and oxygen atoms in total. The van der Waals surface area contributed by atoms with Crippen LogP contribution in [0.4, 0.5) is 5.82 Å². The summed E-state index contributed by atoms with van der Waals surface area (Å²) in [5.41, 5.74) is 2.52. The molecule has 3 aromatic rings. The Hall–Kier alpha value is -2.43. The van der Waals surface area contributed by atoms with Crippen LogP contribution in [-0.4, -0.2) is 26.3 Å². The Bertz CT molecular complexity index is 789. The molecular formula is C17H19N5. The third-order valence-corrected chi connectivity index (χ3v) is 4.82. The van der Waals surface area contributed by atoms with Gasteiger partial charge in [-0.3, -0.25) is 4.68 Å². The molecule has 0 unspecified atom stereocenters. The van der Waals surface area contributed by atoms with Crippen molar-refractivity contribution in [3.8, 4) is 0 Å². The summed E-state index contributed by atoms with van der Waals surface area (Å²) in [6.07, 6.45) is 7.18. The summed E-state index contributed by atoms with van der Waals surface area (Å²) in [7, 11) is 1.90. The first-order chi connectivity index (χ1) is 10.8. The van der Waals surface area contributed by atoms with Gasteiger partial charge in [-0.2, -0.15) is 5.10 Å². The van der Waals surface area contributed by atoms with E-state index in [2.05, 4.69) is 50.7 Å². The molecule has 0 spiro atoms. The van der Waals surface area contributed by atoms with E-state index < -0.39 is 0 Å². The summed E-state index contributed by atoms with van der Waals surface area (Å²) in [6, 6.07) is 10.8. The van der Waals surface area contributed by atoms with Crippen molar-refractivity contribution in [3.63, 3.8) is 0 Å². The molecule has 2 heterocycles. The Morgan fingerprint density at radius 2 is 2.00 bits per heavy atom. The van der Waals surface area contributed by atoms with Gasteiger partial charge in [0.25, 0.3) is 0 Å². The molecular weight excluding hydrogens is 274 g/mol. The third kappa shape index (κ3) is 2.04. The van der Waals surface area contributed by atoms with Crippen molar-refractivity contribution in [1.29, 1.82) is 0 Å². The van der Waals surface area contributed by atoms with Crippen molar-refractivity contribution in [2.24, 2.45) is 7.05 Å². The van der Waals surface area contributed by atoms with Crippen molar-refractivity contribution in [1.82, 2.24) is 19.7 Å². The lowest BCUT2D eigenvalue weighted by atomic mass is 9.64. The Morgan fingerprint density at radius 1 is 1.18 bits per heavy atom. The van der Waals surface area contributed by atoms with E-state index in [-0.39, 0.29) is 5.41 Å². The Kier molecular flexibility index (Phi) is 3.06. The second-order valence-corrected chi connectivity index (χ2v) is 6.08. The van der Waals surface area contributed by atoms with Crippen LogP contribution in [0.2, 0.25) is 0 Å². The van der Waals surface area contributed by atoms with Crippen molar-refractivity contribution < 1.29 is 0 Å². The lowest BCUT2D eigenvalue weighted by molar-refractivity contribution is 0.260. The number of fused-ring (bicyclic) bond motifs is 1. The first kappa shape index (κ1) is 13.2. The molecule has 0 bridgehead atoms. The van der Waals surface area contributed by atoms with Crippen LogP contribution in [0.25, 0.3) is 11.0 Å². The molecule has 0 aliphatic heterocycles. The van der Waals surface area contributed by atoms with Gasteiger partial charge in [0.2, 0.25) is 0 Å². The minimum Gasteiger partial charge on any atom is -0.368 e. The molecule has 22 heavy (non-hydrogen) atoms.